The number of likely N-dealkylation sites (tertiary alicyclic amines) is 1. The maximum atomic E-state index is 11.9. The van der Waals surface area contributed by atoms with E-state index >= 15 is 0 Å². The molecular weight excluding hydrogens is 192 g/mol. The number of oxime groups is 1. The molecule has 1 saturated heterocycles. The lowest BCUT2D eigenvalue weighted by Crippen LogP contribution is -2.46. The number of nitrogens with zero attached hydrogens (tertiary/aromatic N) is 2. The van der Waals surface area contributed by atoms with Crippen molar-refractivity contribution < 1.29 is 10.0 Å². The zero-order chi connectivity index (χ0) is 10.8. The van der Waals surface area contributed by atoms with Gasteiger partial charge in [0, 0.05) is 31.3 Å². The molecule has 1 saturated carbocycles. The standard InChI is InChI=1S/C11H18N2O2/c1-8-7-13(6-5-10(8)12-15)11(14)9-3-2-4-9/h8-9,15H,2-7H2,1H3. The Morgan fingerprint density at radius 3 is 2.73 bits per heavy atom. The van der Waals surface area contributed by atoms with Gasteiger partial charge in [0.05, 0.1) is 5.71 Å². The van der Waals surface area contributed by atoms with E-state index in [1.807, 2.05) is 11.8 Å². The van der Waals surface area contributed by atoms with Crippen LogP contribution in [0.2, 0.25) is 0 Å². The lowest BCUT2D eigenvalue weighted by atomic mass is 9.83. The summed E-state index contributed by atoms with van der Waals surface area (Å²) in [5.74, 6) is 0.794. The molecule has 4 nitrogen and oxygen atoms in total. The molecule has 1 amide bonds. The molecule has 15 heavy (non-hydrogen) atoms. The van der Waals surface area contributed by atoms with Crippen LogP contribution in [-0.4, -0.2) is 34.8 Å². The van der Waals surface area contributed by atoms with E-state index in [1.54, 1.807) is 0 Å². The van der Waals surface area contributed by atoms with Crippen LogP contribution in [0.3, 0.4) is 0 Å². The van der Waals surface area contributed by atoms with Gasteiger partial charge in [-0.1, -0.05) is 18.5 Å². The molecule has 0 aromatic heterocycles. The molecule has 1 aliphatic carbocycles. The van der Waals surface area contributed by atoms with Gasteiger partial charge in [0.2, 0.25) is 5.91 Å². The minimum Gasteiger partial charge on any atom is -0.411 e. The molecule has 1 unspecified atom stereocenters. The lowest BCUT2D eigenvalue weighted by Gasteiger charge is -2.36. The van der Waals surface area contributed by atoms with Crippen LogP contribution in [0.15, 0.2) is 5.16 Å². The number of rotatable bonds is 1. The molecule has 2 aliphatic rings. The molecule has 4 heteroatoms. The van der Waals surface area contributed by atoms with Gasteiger partial charge in [-0.25, -0.2) is 0 Å². The highest BCUT2D eigenvalue weighted by atomic mass is 16.4. The van der Waals surface area contributed by atoms with Crippen molar-refractivity contribution in [3.05, 3.63) is 0 Å². The average molecular weight is 210 g/mol. The number of hydrogen-bond donors (Lipinski definition) is 1. The van der Waals surface area contributed by atoms with Crippen LogP contribution in [0, 0.1) is 11.8 Å². The SMILES string of the molecule is CC1CN(C(=O)C2CCC2)CCC1=NO. The molecule has 1 aliphatic heterocycles. The van der Waals surface area contributed by atoms with Crippen LogP contribution in [0.4, 0.5) is 0 Å². The molecule has 2 rings (SSSR count). The third-order valence-corrected chi connectivity index (χ3v) is 3.60. The van der Waals surface area contributed by atoms with Gasteiger partial charge >= 0.3 is 0 Å². The molecule has 0 radical (unpaired) electrons. The van der Waals surface area contributed by atoms with Gasteiger partial charge in [0.25, 0.3) is 0 Å². The summed E-state index contributed by atoms with van der Waals surface area (Å²) < 4.78 is 0. The predicted octanol–water partition coefficient (Wildman–Crippen LogP) is 1.49. The fraction of sp³-hybridized carbons (Fsp3) is 0.818. The minimum absolute atomic E-state index is 0.202. The summed E-state index contributed by atoms with van der Waals surface area (Å²) in [7, 11) is 0. The highest BCUT2D eigenvalue weighted by Gasteiger charge is 2.32. The van der Waals surface area contributed by atoms with Crippen LogP contribution in [0.25, 0.3) is 0 Å². The van der Waals surface area contributed by atoms with E-state index in [0.29, 0.717) is 12.5 Å². The van der Waals surface area contributed by atoms with Crippen molar-refractivity contribution in [1.29, 1.82) is 0 Å². The zero-order valence-electron chi connectivity index (χ0n) is 9.15. The summed E-state index contributed by atoms with van der Waals surface area (Å²) in [5, 5.41) is 12.0. The first-order valence-corrected chi connectivity index (χ1v) is 5.72. The van der Waals surface area contributed by atoms with Gasteiger partial charge in [0.1, 0.15) is 0 Å². The lowest BCUT2D eigenvalue weighted by molar-refractivity contribution is -0.138. The number of piperidine rings is 1. The van der Waals surface area contributed by atoms with Crippen LogP contribution >= 0.6 is 0 Å². The summed E-state index contributed by atoms with van der Waals surface area (Å²) in [4.78, 5) is 13.9. The zero-order valence-corrected chi connectivity index (χ0v) is 9.15. The van der Waals surface area contributed by atoms with E-state index in [9.17, 15) is 4.79 Å². The molecule has 1 N–H and O–H groups in total. The fourth-order valence-electron chi connectivity index (χ4n) is 2.29. The summed E-state index contributed by atoms with van der Waals surface area (Å²) in [5.41, 5.74) is 0.827. The van der Waals surface area contributed by atoms with Gasteiger partial charge < -0.3 is 10.1 Å². The molecule has 2 fully saturated rings. The smallest absolute Gasteiger partial charge is 0.225 e. The molecule has 1 heterocycles. The van der Waals surface area contributed by atoms with Gasteiger partial charge in [-0.3, -0.25) is 4.79 Å². The first-order chi connectivity index (χ1) is 7.22. The van der Waals surface area contributed by atoms with Crippen LogP contribution < -0.4 is 0 Å². The number of hydrogen-bond acceptors (Lipinski definition) is 3. The molecule has 0 aromatic rings. The molecule has 0 bridgehead atoms. The van der Waals surface area contributed by atoms with Gasteiger partial charge in [0.15, 0.2) is 0 Å². The molecule has 1 atom stereocenters. The van der Waals surface area contributed by atoms with Crippen molar-refractivity contribution >= 4 is 11.6 Å². The van der Waals surface area contributed by atoms with Crippen molar-refractivity contribution in [3.63, 3.8) is 0 Å². The quantitative estimate of drug-likeness (QED) is 0.526. The van der Waals surface area contributed by atoms with Crippen molar-refractivity contribution in [2.45, 2.75) is 32.6 Å². The fourth-order valence-corrected chi connectivity index (χ4v) is 2.29. The van der Waals surface area contributed by atoms with E-state index in [-0.39, 0.29) is 11.8 Å². The Hall–Kier alpha value is -1.06. The van der Waals surface area contributed by atoms with Crippen LogP contribution in [0.5, 0.6) is 0 Å². The highest BCUT2D eigenvalue weighted by Crippen LogP contribution is 2.29. The molecular formula is C11H18N2O2. The average Bonchev–Trinajstić information content (AvgIpc) is 2.15. The van der Waals surface area contributed by atoms with Crippen molar-refractivity contribution in [3.8, 4) is 0 Å². The minimum atomic E-state index is 0.202. The molecule has 0 aromatic carbocycles. The maximum Gasteiger partial charge on any atom is 0.225 e. The van der Waals surface area contributed by atoms with Crippen molar-refractivity contribution in [2.24, 2.45) is 17.0 Å². The van der Waals surface area contributed by atoms with E-state index in [2.05, 4.69) is 5.16 Å². The number of amides is 1. The Bertz CT molecular complexity index is 284. The Balaban J connectivity index is 1.92. The topological polar surface area (TPSA) is 52.9 Å². The normalized spacial score (nSPS) is 30.3. The third-order valence-electron chi connectivity index (χ3n) is 3.60. The van der Waals surface area contributed by atoms with Gasteiger partial charge in [-0.2, -0.15) is 0 Å². The third kappa shape index (κ3) is 1.98. The Kier molecular flexibility index (Phi) is 2.93. The first-order valence-electron chi connectivity index (χ1n) is 5.72. The Morgan fingerprint density at radius 2 is 2.27 bits per heavy atom. The highest BCUT2D eigenvalue weighted by molar-refractivity contribution is 5.89. The molecule has 84 valence electrons. The van der Waals surface area contributed by atoms with E-state index in [0.717, 1.165) is 31.5 Å². The second-order valence-corrected chi connectivity index (χ2v) is 4.65. The van der Waals surface area contributed by atoms with Crippen molar-refractivity contribution in [1.82, 2.24) is 4.90 Å². The van der Waals surface area contributed by atoms with Crippen LogP contribution in [0.1, 0.15) is 32.6 Å². The van der Waals surface area contributed by atoms with E-state index in [4.69, 9.17) is 5.21 Å². The monoisotopic (exact) mass is 210 g/mol. The van der Waals surface area contributed by atoms with Gasteiger partial charge in [-0.05, 0) is 12.8 Å². The van der Waals surface area contributed by atoms with Gasteiger partial charge in [-0.15, -0.1) is 0 Å². The summed E-state index contributed by atoms with van der Waals surface area (Å²) in [6.07, 6.45) is 4.04. The number of carbonyl (C=O) groups excluding carboxylic acids is 1. The molecule has 0 spiro atoms. The maximum absolute atomic E-state index is 11.9. The Morgan fingerprint density at radius 1 is 1.53 bits per heavy atom. The van der Waals surface area contributed by atoms with Crippen LogP contribution in [-0.2, 0) is 4.79 Å². The second-order valence-electron chi connectivity index (χ2n) is 4.65. The van der Waals surface area contributed by atoms with E-state index < -0.39 is 0 Å². The summed E-state index contributed by atoms with van der Waals surface area (Å²) >= 11 is 0. The first kappa shape index (κ1) is 10.5. The second kappa shape index (κ2) is 4.21. The van der Waals surface area contributed by atoms with Crippen molar-refractivity contribution in [2.75, 3.05) is 13.1 Å². The van der Waals surface area contributed by atoms with E-state index in [1.165, 1.54) is 6.42 Å². The number of carbonyl (C=O) groups is 1. The largest absolute Gasteiger partial charge is 0.411 e. The Labute approximate surface area is 89.9 Å². The predicted molar refractivity (Wildman–Crippen MR) is 56.9 cm³/mol. The summed E-state index contributed by atoms with van der Waals surface area (Å²) in [6, 6.07) is 0. The summed E-state index contributed by atoms with van der Waals surface area (Å²) in [6.45, 7) is 3.45.